The minimum atomic E-state index is -0.274. The minimum Gasteiger partial charge on any atom is -0.336 e. The second-order valence-electron chi connectivity index (χ2n) is 7.60. The summed E-state index contributed by atoms with van der Waals surface area (Å²) in [5.74, 6) is 0.0876. The van der Waals surface area contributed by atoms with Crippen molar-refractivity contribution in [2.75, 3.05) is 0 Å². The second-order valence-corrected chi connectivity index (χ2v) is 7.60. The molecule has 0 radical (unpaired) electrons. The molecule has 0 rings (SSSR count). The Morgan fingerprint density at radius 3 is 1.23 bits per heavy atom. The van der Waals surface area contributed by atoms with Gasteiger partial charge in [0.1, 0.15) is 0 Å². The largest absolute Gasteiger partial charge is 0.336 e. The van der Waals surface area contributed by atoms with Gasteiger partial charge in [0.05, 0.1) is 6.17 Å². The molecule has 26 heavy (non-hydrogen) atoms. The fourth-order valence-electron chi connectivity index (χ4n) is 3.15. The average Bonchev–Trinajstić information content (AvgIpc) is 2.60. The van der Waals surface area contributed by atoms with Crippen LogP contribution in [-0.2, 0) is 9.59 Å². The van der Waals surface area contributed by atoms with Crippen molar-refractivity contribution in [2.24, 2.45) is 0 Å². The number of amides is 2. The van der Waals surface area contributed by atoms with Gasteiger partial charge in [-0.05, 0) is 19.8 Å². The molecule has 0 aliphatic heterocycles. The number of hydrogen-bond acceptors (Lipinski definition) is 2. The van der Waals surface area contributed by atoms with Crippen LogP contribution in [-0.4, -0.2) is 18.0 Å². The van der Waals surface area contributed by atoms with Crippen molar-refractivity contribution in [3.63, 3.8) is 0 Å². The smallest absolute Gasteiger partial charge is 0.221 e. The van der Waals surface area contributed by atoms with Crippen LogP contribution in [0.1, 0.15) is 124 Å². The minimum absolute atomic E-state index is 0.0438. The lowest BCUT2D eigenvalue weighted by Crippen LogP contribution is -2.45. The summed E-state index contributed by atoms with van der Waals surface area (Å²) in [5.41, 5.74) is 0. The van der Waals surface area contributed by atoms with Gasteiger partial charge in [0.2, 0.25) is 11.8 Å². The first-order chi connectivity index (χ1) is 12.6. The third-order valence-electron chi connectivity index (χ3n) is 4.77. The van der Waals surface area contributed by atoms with Gasteiger partial charge in [-0.3, -0.25) is 9.59 Å². The predicted molar refractivity (Wildman–Crippen MR) is 111 cm³/mol. The Hall–Kier alpha value is -1.06. The lowest BCUT2D eigenvalue weighted by atomic mass is 10.1. The summed E-state index contributed by atoms with van der Waals surface area (Å²) < 4.78 is 0. The van der Waals surface area contributed by atoms with Crippen molar-refractivity contribution < 1.29 is 9.59 Å². The van der Waals surface area contributed by atoms with E-state index >= 15 is 0 Å². The first-order valence-corrected chi connectivity index (χ1v) is 11.2. The van der Waals surface area contributed by atoms with Gasteiger partial charge in [-0.15, -0.1) is 0 Å². The second kappa shape index (κ2) is 18.7. The molecule has 0 fully saturated rings. The van der Waals surface area contributed by atoms with Gasteiger partial charge < -0.3 is 10.6 Å². The quantitative estimate of drug-likeness (QED) is 0.236. The summed E-state index contributed by atoms with van der Waals surface area (Å²) in [4.78, 5) is 23.8. The van der Waals surface area contributed by atoms with Gasteiger partial charge in [0.25, 0.3) is 0 Å². The van der Waals surface area contributed by atoms with Crippen LogP contribution >= 0.6 is 0 Å². The topological polar surface area (TPSA) is 58.2 Å². The molecule has 0 spiro atoms. The van der Waals surface area contributed by atoms with Gasteiger partial charge in [-0.25, -0.2) is 0 Å². The molecule has 0 atom stereocenters. The van der Waals surface area contributed by atoms with Gasteiger partial charge >= 0.3 is 0 Å². The number of rotatable bonds is 18. The fourth-order valence-corrected chi connectivity index (χ4v) is 3.15. The summed E-state index contributed by atoms with van der Waals surface area (Å²) in [7, 11) is 0. The zero-order valence-electron chi connectivity index (χ0n) is 17.7. The summed E-state index contributed by atoms with van der Waals surface area (Å²) in [5, 5.41) is 5.75. The van der Waals surface area contributed by atoms with E-state index in [1.807, 2.05) is 6.92 Å². The van der Waals surface area contributed by atoms with Crippen molar-refractivity contribution in [1.82, 2.24) is 10.6 Å². The molecule has 0 saturated heterocycles. The Morgan fingerprint density at radius 2 is 0.885 bits per heavy atom. The molecular formula is C22H44N2O2. The van der Waals surface area contributed by atoms with Crippen LogP contribution in [0.15, 0.2) is 0 Å². The number of unbranched alkanes of at least 4 members (excludes halogenated alkanes) is 12. The summed E-state index contributed by atoms with van der Waals surface area (Å²) in [6, 6.07) is 0. The van der Waals surface area contributed by atoms with Gasteiger partial charge in [0.15, 0.2) is 0 Å². The van der Waals surface area contributed by atoms with Crippen LogP contribution in [0.5, 0.6) is 0 Å². The molecule has 0 aromatic rings. The Kier molecular flexibility index (Phi) is 18.0. The molecule has 154 valence electrons. The first-order valence-electron chi connectivity index (χ1n) is 11.2. The normalized spacial score (nSPS) is 10.9. The molecular weight excluding hydrogens is 324 g/mol. The van der Waals surface area contributed by atoms with Crippen molar-refractivity contribution >= 4 is 11.8 Å². The maximum absolute atomic E-state index is 11.9. The van der Waals surface area contributed by atoms with E-state index < -0.39 is 0 Å². The van der Waals surface area contributed by atoms with Crippen LogP contribution in [0.25, 0.3) is 0 Å². The first kappa shape index (κ1) is 24.9. The van der Waals surface area contributed by atoms with E-state index in [0.29, 0.717) is 12.8 Å². The molecule has 4 heteroatoms. The lowest BCUT2D eigenvalue weighted by molar-refractivity contribution is -0.124. The molecule has 0 aromatic carbocycles. The van der Waals surface area contributed by atoms with E-state index in [9.17, 15) is 9.59 Å². The number of nitrogens with one attached hydrogen (secondary N) is 2. The van der Waals surface area contributed by atoms with E-state index in [2.05, 4.69) is 24.5 Å². The summed E-state index contributed by atoms with van der Waals surface area (Å²) in [6.45, 7) is 6.28. The van der Waals surface area contributed by atoms with Crippen molar-refractivity contribution in [2.45, 2.75) is 130 Å². The lowest BCUT2D eigenvalue weighted by Gasteiger charge is -2.16. The molecule has 0 unspecified atom stereocenters. The third kappa shape index (κ3) is 17.8. The van der Waals surface area contributed by atoms with Crippen LogP contribution in [0.2, 0.25) is 0 Å². The Morgan fingerprint density at radius 1 is 0.577 bits per heavy atom. The van der Waals surface area contributed by atoms with Crippen molar-refractivity contribution in [1.29, 1.82) is 0 Å². The van der Waals surface area contributed by atoms with E-state index in [4.69, 9.17) is 0 Å². The van der Waals surface area contributed by atoms with Crippen LogP contribution < -0.4 is 10.6 Å². The molecule has 2 amide bonds. The number of carbonyl (C=O) groups excluding carboxylic acids is 2. The van der Waals surface area contributed by atoms with Gasteiger partial charge in [0, 0.05) is 12.8 Å². The molecule has 0 bridgehead atoms. The highest BCUT2D eigenvalue weighted by molar-refractivity contribution is 5.79. The maximum Gasteiger partial charge on any atom is 0.221 e. The van der Waals surface area contributed by atoms with E-state index in [0.717, 1.165) is 25.7 Å². The van der Waals surface area contributed by atoms with Crippen LogP contribution in [0.4, 0.5) is 0 Å². The standard InChI is InChI=1S/C22H44N2O2/c1-4-6-8-10-12-14-16-18-21(25)23-20(3)24-22(26)19-17-15-13-11-9-7-5-2/h20H,4-19H2,1-3H3,(H,23,25)(H,24,26). The maximum atomic E-state index is 11.9. The Labute approximate surface area is 162 Å². The fraction of sp³-hybridized carbons (Fsp3) is 0.909. The predicted octanol–water partition coefficient (Wildman–Crippen LogP) is 5.85. The van der Waals surface area contributed by atoms with Crippen LogP contribution in [0, 0.1) is 0 Å². The molecule has 0 saturated carbocycles. The average molecular weight is 369 g/mol. The van der Waals surface area contributed by atoms with E-state index in [-0.39, 0.29) is 18.0 Å². The number of carbonyl (C=O) groups is 2. The molecule has 0 aromatic heterocycles. The highest BCUT2D eigenvalue weighted by Gasteiger charge is 2.09. The van der Waals surface area contributed by atoms with E-state index in [1.54, 1.807) is 0 Å². The Balaban J connectivity index is 3.53. The van der Waals surface area contributed by atoms with Gasteiger partial charge in [-0.2, -0.15) is 0 Å². The zero-order valence-corrected chi connectivity index (χ0v) is 17.7. The third-order valence-corrected chi connectivity index (χ3v) is 4.77. The highest BCUT2D eigenvalue weighted by Crippen LogP contribution is 2.09. The SMILES string of the molecule is CCCCCCCCCC(=O)NC(C)NC(=O)CCCCCCCCC. The zero-order chi connectivity index (χ0) is 19.5. The Bertz CT molecular complexity index is 313. The molecule has 4 nitrogen and oxygen atoms in total. The van der Waals surface area contributed by atoms with Gasteiger partial charge in [-0.1, -0.05) is 90.9 Å². The van der Waals surface area contributed by atoms with E-state index in [1.165, 1.54) is 64.2 Å². The summed E-state index contributed by atoms with van der Waals surface area (Å²) in [6.07, 6.45) is 17.8. The highest BCUT2D eigenvalue weighted by atomic mass is 16.2. The van der Waals surface area contributed by atoms with Crippen LogP contribution in [0.3, 0.4) is 0 Å². The number of hydrogen-bond donors (Lipinski definition) is 2. The monoisotopic (exact) mass is 368 g/mol. The summed E-state index contributed by atoms with van der Waals surface area (Å²) >= 11 is 0. The molecule has 0 heterocycles. The molecule has 2 N–H and O–H groups in total. The molecule has 0 aliphatic carbocycles. The van der Waals surface area contributed by atoms with Crippen molar-refractivity contribution in [3.8, 4) is 0 Å². The molecule has 0 aliphatic rings. The van der Waals surface area contributed by atoms with Crippen molar-refractivity contribution in [3.05, 3.63) is 0 Å².